The topological polar surface area (TPSA) is 45.1 Å². The molecule has 0 radical (unpaired) electrons. The first kappa shape index (κ1) is 14.8. The maximum absolute atomic E-state index is 12.8. The molecular formula is C16H28N3O2+. The van der Waals surface area contributed by atoms with Crippen molar-refractivity contribution in [2.24, 2.45) is 0 Å². The Morgan fingerprint density at radius 3 is 2.48 bits per heavy atom. The highest BCUT2D eigenvalue weighted by molar-refractivity contribution is 5.91. The van der Waals surface area contributed by atoms with E-state index in [4.69, 9.17) is 0 Å². The van der Waals surface area contributed by atoms with Crippen molar-refractivity contribution in [3.63, 3.8) is 0 Å². The number of hydrogen-bond donors (Lipinski definition) is 1. The van der Waals surface area contributed by atoms with Crippen molar-refractivity contribution in [1.29, 1.82) is 0 Å². The predicted molar refractivity (Wildman–Crippen MR) is 79.9 cm³/mol. The summed E-state index contributed by atoms with van der Waals surface area (Å²) in [5.41, 5.74) is 0. The van der Waals surface area contributed by atoms with Gasteiger partial charge in [0.2, 0.25) is 11.8 Å². The van der Waals surface area contributed by atoms with Gasteiger partial charge in [0.05, 0.1) is 32.7 Å². The number of rotatable bonds is 3. The highest BCUT2D eigenvalue weighted by atomic mass is 16.2. The van der Waals surface area contributed by atoms with Crippen LogP contribution in [0.4, 0.5) is 0 Å². The maximum atomic E-state index is 12.8. The Balaban J connectivity index is 1.64. The fourth-order valence-electron chi connectivity index (χ4n) is 4.19. The lowest BCUT2D eigenvalue weighted by molar-refractivity contribution is -0.902. The van der Waals surface area contributed by atoms with Crippen molar-refractivity contribution >= 4 is 11.8 Å². The molecule has 0 aromatic heterocycles. The van der Waals surface area contributed by atoms with Gasteiger partial charge in [-0.1, -0.05) is 12.8 Å². The number of amides is 2. The van der Waals surface area contributed by atoms with E-state index in [1.807, 2.05) is 9.80 Å². The molecule has 3 rings (SSSR count). The van der Waals surface area contributed by atoms with Crippen LogP contribution in [0.1, 0.15) is 45.4 Å². The molecule has 2 saturated heterocycles. The third-order valence-electron chi connectivity index (χ3n) is 5.54. The molecule has 21 heavy (non-hydrogen) atoms. The minimum absolute atomic E-state index is 0.163. The molecule has 118 valence electrons. The Kier molecular flexibility index (Phi) is 4.48. The van der Waals surface area contributed by atoms with Crippen LogP contribution in [0.2, 0.25) is 0 Å². The molecule has 5 heteroatoms. The fourth-order valence-corrected chi connectivity index (χ4v) is 4.19. The van der Waals surface area contributed by atoms with Gasteiger partial charge in [-0.2, -0.15) is 0 Å². The van der Waals surface area contributed by atoms with Crippen LogP contribution in [0, 0.1) is 0 Å². The van der Waals surface area contributed by atoms with Crippen molar-refractivity contribution < 1.29 is 14.5 Å². The van der Waals surface area contributed by atoms with Gasteiger partial charge in [-0.3, -0.25) is 9.59 Å². The Morgan fingerprint density at radius 2 is 1.86 bits per heavy atom. The molecule has 2 amide bonds. The molecule has 1 aliphatic carbocycles. The standard InChI is InChI=1S/C16H27N3O2/c1-2-17-9-11-18(12-10-17)16(21)14-7-8-15(20)19(14)13-5-3-4-6-13/h13-14H,2-12H2,1H3/p+1. The molecule has 1 N–H and O–H groups in total. The van der Waals surface area contributed by atoms with Crippen LogP contribution in [-0.4, -0.2) is 66.4 Å². The molecule has 2 heterocycles. The zero-order chi connectivity index (χ0) is 14.8. The molecule has 5 nitrogen and oxygen atoms in total. The first-order valence-electron chi connectivity index (χ1n) is 8.64. The lowest BCUT2D eigenvalue weighted by Gasteiger charge is -2.36. The minimum Gasteiger partial charge on any atom is -0.332 e. The van der Waals surface area contributed by atoms with Crippen molar-refractivity contribution in [3.8, 4) is 0 Å². The summed E-state index contributed by atoms with van der Waals surface area (Å²) in [7, 11) is 0. The minimum atomic E-state index is -0.163. The first-order chi connectivity index (χ1) is 10.2. The number of quaternary nitrogens is 1. The summed E-state index contributed by atoms with van der Waals surface area (Å²) in [6.45, 7) is 7.14. The number of hydrogen-bond acceptors (Lipinski definition) is 2. The van der Waals surface area contributed by atoms with E-state index >= 15 is 0 Å². The number of carbonyl (C=O) groups is 2. The summed E-state index contributed by atoms with van der Waals surface area (Å²) in [4.78, 5) is 30.6. The molecule has 0 bridgehead atoms. The number of piperazine rings is 1. The molecule has 1 unspecified atom stereocenters. The zero-order valence-corrected chi connectivity index (χ0v) is 13.1. The number of likely N-dealkylation sites (tertiary alicyclic amines) is 1. The monoisotopic (exact) mass is 294 g/mol. The second-order valence-electron chi connectivity index (χ2n) is 6.72. The summed E-state index contributed by atoms with van der Waals surface area (Å²) in [5.74, 6) is 0.418. The third kappa shape index (κ3) is 2.93. The molecule has 3 aliphatic rings. The summed E-state index contributed by atoms with van der Waals surface area (Å²) >= 11 is 0. The highest BCUT2D eigenvalue weighted by Gasteiger charge is 2.43. The van der Waals surface area contributed by atoms with Gasteiger partial charge in [0.15, 0.2) is 0 Å². The normalized spacial score (nSPS) is 28.6. The molecule has 2 aliphatic heterocycles. The molecule has 0 aromatic carbocycles. The van der Waals surface area contributed by atoms with E-state index in [0.717, 1.165) is 52.0 Å². The second kappa shape index (κ2) is 6.34. The van der Waals surface area contributed by atoms with Crippen LogP contribution in [-0.2, 0) is 9.59 Å². The van der Waals surface area contributed by atoms with Gasteiger partial charge in [-0.05, 0) is 26.2 Å². The van der Waals surface area contributed by atoms with Gasteiger partial charge in [-0.25, -0.2) is 0 Å². The predicted octanol–water partition coefficient (Wildman–Crippen LogP) is -0.333. The van der Waals surface area contributed by atoms with Gasteiger partial charge in [0, 0.05) is 12.5 Å². The number of nitrogens with zero attached hydrogens (tertiary/aromatic N) is 2. The largest absolute Gasteiger partial charge is 0.332 e. The van der Waals surface area contributed by atoms with Crippen LogP contribution in [0.15, 0.2) is 0 Å². The lowest BCUT2D eigenvalue weighted by atomic mass is 10.1. The maximum Gasteiger partial charge on any atom is 0.245 e. The Morgan fingerprint density at radius 1 is 1.19 bits per heavy atom. The molecule has 1 saturated carbocycles. The van der Waals surface area contributed by atoms with Crippen molar-refractivity contribution in [2.75, 3.05) is 32.7 Å². The van der Waals surface area contributed by atoms with E-state index in [1.165, 1.54) is 12.8 Å². The zero-order valence-electron chi connectivity index (χ0n) is 13.1. The van der Waals surface area contributed by atoms with Gasteiger partial charge < -0.3 is 14.7 Å². The van der Waals surface area contributed by atoms with Crippen LogP contribution in [0.25, 0.3) is 0 Å². The van der Waals surface area contributed by atoms with Gasteiger partial charge in [0.1, 0.15) is 6.04 Å². The molecule has 0 aromatic rings. The fraction of sp³-hybridized carbons (Fsp3) is 0.875. The van der Waals surface area contributed by atoms with Crippen LogP contribution < -0.4 is 4.90 Å². The average molecular weight is 294 g/mol. The Bertz CT molecular complexity index is 398. The smallest absolute Gasteiger partial charge is 0.245 e. The molecular weight excluding hydrogens is 266 g/mol. The van der Waals surface area contributed by atoms with E-state index < -0.39 is 0 Å². The van der Waals surface area contributed by atoms with Crippen molar-refractivity contribution in [1.82, 2.24) is 9.80 Å². The van der Waals surface area contributed by atoms with E-state index in [1.54, 1.807) is 4.90 Å². The molecule has 0 spiro atoms. The highest BCUT2D eigenvalue weighted by Crippen LogP contribution is 2.31. The summed E-state index contributed by atoms with van der Waals surface area (Å²) in [6, 6.07) is 0.167. The van der Waals surface area contributed by atoms with Gasteiger partial charge in [-0.15, -0.1) is 0 Å². The van der Waals surface area contributed by atoms with Crippen LogP contribution in [0.3, 0.4) is 0 Å². The van der Waals surface area contributed by atoms with Crippen molar-refractivity contribution in [2.45, 2.75) is 57.5 Å². The first-order valence-corrected chi connectivity index (χ1v) is 8.64. The van der Waals surface area contributed by atoms with Gasteiger partial charge >= 0.3 is 0 Å². The van der Waals surface area contributed by atoms with Gasteiger partial charge in [0.25, 0.3) is 0 Å². The van der Waals surface area contributed by atoms with Crippen molar-refractivity contribution in [3.05, 3.63) is 0 Å². The Hall–Kier alpha value is -1.10. The molecule has 3 fully saturated rings. The second-order valence-corrected chi connectivity index (χ2v) is 6.72. The van der Waals surface area contributed by atoms with Crippen LogP contribution in [0.5, 0.6) is 0 Å². The lowest BCUT2D eigenvalue weighted by Crippen LogP contribution is -3.14. The number of nitrogens with one attached hydrogen (secondary N) is 1. The number of carbonyl (C=O) groups excluding carboxylic acids is 2. The summed E-state index contributed by atoms with van der Waals surface area (Å²) in [6.07, 6.45) is 5.87. The van der Waals surface area contributed by atoms with E-state index in [9.17, 15) is 9.59 Å². The number of likely N-dealkylation sites (N-methyl/N-ethyl adjacent to an activating group) is 1. The van der Waals surface area contributed by atoms with Crippen LogP contribution >= 0.6 is 0 Å². The van der Waals surface area contributed by atoms with E-state index in [0.29, 0.717) is 12.5 Å². The van der Waals surface area contributed by atoms with E-state index in [2.05, 4.69) is 6.92 Å². The summed E-state index contributed by atoms with van der Waals surface area (Å²) < 4.78 is 0. The average Bonchev–Trinajstić information content (AvgIpc) is 3.15. The quantitative estimate of drug-likeness (QED) is 0.774. The van der Waals surface area contributed by atoms with E-state index in [-0.39, 0.29) is 17.9 Å². The molecule has 1 atom stereocenters. The SMILES string of the molecule is CC[NH+]1CCN(C(=O)C2CCC(=O)N2C2CCCC2)CC1. The third-order valence-corrected chi connectivity index (χ3v) is 5.54. The summed E-state index contributed by atoms with van der Waals surface area (Å²) in [5, 5.41) is 0. The Labute approximate surface area is 127 Å².